The highest BCUT2D eigenvalue weighted by molar-refractivity contribution is 7.15. The zero-order valence-electron chi connectivity index (χ0n) is 14.4. The monoisotopic (exact) mass is 366 g/mol. The van der Waals surface area contributed by atoms with E-state index in [0.29, 0.717) is 0 Å². The van der Waals surface area contributed by atoms with Gasteiger partial charge in [-0.15, -0.1) is 22.7 Å². The average molecular weight is 367 g/mol. The summed E-state index contributed by atoms with van der Waals surface area (Å²) in [5.74, 6) is 0. The van der Waals surface area contributed by atoms with E-state index < -0.39 is 0 Å². The van der Waals surface area contributed by atoms with Crippen LogP contribution in [-0.4, -0.2) is 62.3 Å². The lowest BCUT2D eigenvalue weighted by atomic mass is 10.4. The van der Waals surface area contributed by atoms with E-state index in [-0.39, 0.29) is 0 Å². The number of nitrogens with zero attached hydrogens (tertiary/aromatic N) is 4. The van der Waals surface area contributed by atoms with Gasteiger partial charge in [0, 0.05) is 74.5 Å². The van der Waals surface area contributed by atoms with E-state index in [0.717, 1.165) is 52.4 Å². The van der Waals surface area contributed by atoms with Crippen molar-refractivity contribution >= 4 is 32.9 Å². The second kappa shape index (κ2) is 8.75. The highest BCUT2D eigenvalue weighted by atomic mass is 32.1. The molecule has 2 N–H and O–H groups in total. The molecule has 0 atom stereocenters. The highest BCUT2D eigenvalue weighted by Gasteiger charge is 2.13. The molecule has 24 heavy (non-hydrogen) atoms. The lowest BCUT2D eigenvalue weighted by molar-refractivity contribution is 0.588. The summed E-state index contributed by atoms with van der Waals surface area (Å²) in [5.41, 5.74) is 0. The van der Waals surface area contributed by atoms with Crippen LogP contribution >= 0.6 is 22.7 Å². The van der Waals surface area contributed by atoms with Crippen molar-refractivity contribution < 1.29 is 0 Å². The number of hydrogen-bond acceptors (Lipinski definition) is 8. The second-order valence-corrected chi connectivity index (χ2v) is 8.41. The van der Waals surface area contributed by atoms with Crippen LogP contribution in [0.1, 0.15) is 9.75 Å². The lowest BCUT2D eigenvalue weighted by Crippen LogP contribution is -2.43. The Bertz CT molecular complexity index is 559. The minimum Gasteiger partial charge on any atom is -0.346 e. The molecule has 0 aromatic carbocycles. The van der Waals surface area contributed by atoms with Crippen molar-refractivity contribution in [3.63, 3.8) is 0 Å². The Labute approximate surface area is 151 Å². The quantitative estimate of drug-likeness (QED) is 0.844. The topological polar surface area (TPSA) is 56.3 Å². The van der Waals surface area contributed by atoms with Crippen molar-refractivity contribution in [2.75, 3.05) is 62.2 Å². The molecule has 2 saturated heterocycles. The van der Waals surface area contributed by atoms with Gasteiger partial charge in [0.1, 0.15) is 0 Å². The van der Waals surface area contributed by atoms with Gasteiger partial charge in [-0.25, -0.2) is 9.97 Å². The van der Waals surface area contributed by atoms with E-state index in [2.05, 4.69) is 44.2 Å². The SMILES string of the molecule is Cc1cnc(N2CCNCC2)s1.Cc1cnc(N2CCNCC2)s1. The molecule has 6 nitrogen and oxygen atoms in total. The van der Waals surface area contributed by atoms with Crippen LogP contribution in [-0.2, 0) is 0 Å². The number of aromatic nitrogens is 2. The number of nitrogens with one attached hydrogen (secondary N) is 2. The molecule has 132 valence electrons. The first-order valence-electron chi connectivity index (χ1n) is 8.48. The van der Waals surface area contributed by atoms with Gasteiger partial charge in [-0.1, -0.05) is 0 Å². The Morgan fingerprint density at radius 3 is 1.42 bits per heavy atom. The molecule has 0 saturated carbocycles. The number of aryl methyl sites for hydroxylation is 2. The number of anilines is 2. The summed E-state index contributed by atoms with van der Waals surface area (Å²) in [7, 11) is 0. The van der Waals surface area contributed by atoms with Crippen LogP contribution in [0.3, 0.4) is 0 Å². The van der Waals surface area contributed by atoms with E-state index in [1.807, 2.05) is 12.4 Å². The maximum atomic E-state index is 4.36. The molecule has 8 heteroatoms. The predicted molar refractivity (Wildman–Crippen MR) is 104 cm³/mol. The number of piperazine rings is 2. The second-order valence-electron chi connectivity index (χ2n) is 5.98. The molecule has 2 aromatic heterocycles. The number of rotatable bonds is 2. The maximum absolute atomic E-state index is 4.36. The fourth-order valence-electron chi connectivity index (χ4n) is 2.69. The van der Waals surface area contributed by atoms with Gasteiger partial charge in [-0.3, -0.25) is 0 Å². The fraction of sp³-hybridized carbons (Fsp3) is 0.625. The first-order valence-corrected chi connectivity index (χ1v) is 10.1. The van der Waals surface area contributed by atoms with E-state index >= 15 is 0 Å². The van der Waals surface area contributed by atoms with Crippen LogP contribution in [0.15, 0.2) is 12.4 Å². The average Bonchev–Trinajstić information content (AvgIpc) is 3.26. The van der Waals surface area contributed by atoms with Gasteiger partial charge >= 0.3 is 0 Å². The Morgan fingerprint density at radius 2 is 1.12 bits per heavy atom. The highest BCUT2D eigenvalue weighted by Crippen LogP contribution is 2.22. The molecule has 0 unspecified atom stereocenters. The molecule has 0 amide bonds. The first kappa shape index (κ1) is 17.6. The van der Waals surface area contributed by atoms with E-state index in [1.165, 1.54) is 20.0 Å². The summed E-state index contributed by atoms with van der Waals surface area (Å²) in [5, 5.41) is 9.00. The van der Waals surface area contributed by atoms with Gasteiger partial charge in [0.15, 0.2) is 10.3 Å². The van der Waals surface area contributed by atoms with Crippen LogP contribution in [0.25, 0.3) is 0 Å². The number of thiazole rings is 2. The molecular weight excluding hydrogens is 340 g/mol. The lowest BCUT2D eigenvalue weighted by Gasteiger charge is -2.26. The molecule has 4 heterocycles. The van der Waals surface area contributed by atoms with Gasteiger partial charge in [0.25, 0.3) is 0 Å². The van der Waals surface area contributed by atoms with E-state index in [4.69, 9.17) is 0 Å². The van der Waals surface area contributed by atoms with E-state index in [1.54, 1.807) is 22.7 Å². The first-order chi connectivity index (χ1) is 11.7. The van der Waals surface area contributed by atoms with Crippen molar-refractivity contribution in [3.05, 3.63) is 22.1 Å². The molecule has 2 aromatic rings. The summed E-state index contributed by atoms with van der Waals surface area (Å²) in [4.78, 5) is 16.0. The van der Waals surface area contributed by atoms with E-state index in [9.17, 15) is 0 Å². The van der Waals surface area contributed by atoms with Crippen molar-refractivity contribution in [3.8, 4) is 0 Å². The minimum atomic E-state index is 1.08. The van der Waals surface area contributed by atoms with Crippen LogP contribution in [0.2, 0.25) is 0 Å². The molecule has 0 bridgehead atoms. The number of hydrogen-bond donors (Lipinski definition) is 2. The van der Waals surface area contributed by atoms with Crippen molar-refractivity contribution in [2.24, 2.45) is 0 Å². The molecule has 0 aliphatic carbocycles. The van der Waals surface area contributed by atoms with Crippen LogP contribution in [0.5, 0.6) is 0 Å². The summed E-state index contributed by atoms with van der Waals surface area (Å²) in [6.45, 7) is 12.9. The normalized spacial score (nSPS) is 18.2. The Morgan fingerprint density at radius 1 is 0.750 bits per heavy atom. The predicted octanol–water partition coefficient (Wildman–Crippen LogP) is 1.72. The van der Waals surface area contributed by atoms with Crippen molar-refractivity contribution in [1.29, 1.82) is 0 Å². The molecule has 0 radical (unpaired) electrons. The molecular formula is C16H26N6S2. The summed E-state index contributed by atoms with van der Waals surface area (Å²) in [6.07, 6.45) is 3.89. The van der Waals surface area contributed by atoms with Gasteiger partial charge in [-0.05, 0) is 13.8 Å². The van der Waals surface area contributed by atoms with Gasteiger partial charge in [0.05, 0.1) is 0 Å². The molecule has 2 fully saturated rings. The fourth-order valence-corrected chi connectivity index (χ4v) is 4.31. The van der Waals surface area contributed by atoms with Gasteiger partial charge in [0.2, 0.25) is 0 Å². The van der Waals surface area contributed by atoms with Crippen molar-refractivity contribution in [1.82, 2.24) is 20.6 Å². The van der Waals surface area contributed by atoms with Crippen LogP contribution in [0, 0.1) is 13.8 Å². The third-order valence-electron chi connectivity index (χ3n) is 3.99. The standard InChI is InChI=1S/2C8H13N3S/c2*1-7-6-10-8(12-7)11-4-2-9-3-5-11/h2*6,9H,2-5H2,1H3. The zero-order valence-corrected chi connectivity index (χ0v) is 16.0. The van der Waals surface area contributed by atoms with Crippen LogP contribution < -0.4 is 20.4 Å². The summed E-state index contributed by atoms with van der Waals surface area (Å²) in [6, 6.07) is 0. The van der Waals surface area contributed by atoms with Gasteiger partial charge < -0.3 is 20.4 Å². The Hall–Kier alpha value is -1.22. The third-order valence-corrected chi connectivity index (χ3v) is 5.94. The smallest absolute Gasteiger partial charge is 0.185 e. The summed E-state index contributed by atoms with van der Waals surface area (Å²) >= 11 is 3.56. The third kappa shape index (κ3) is 4.89. The molecule has 2 aliphatic rings. The van der Waals surface area contributed by atoms with Crippen molar-refractivity contribution in [2.45, 2.75) is 13.8 Å². The Kier molecular flexibility index (Phi) is 6.42. The summed E-state index contributed by atoms with van der Waals surface area (Å²) < 4.78 is 0. The molecule has 0 spiro atoms. The Balaban J connectivity index is 0.000000141. The maximum Gasteiger partial charge on any atom is 0.185 e. The van der Waals surface area contributed by atoms with Gasteiger partial charge in [-0.2, -0.15) is 0 Å². The molecule has 4 rings (SSSR count). The zero-order chi connectivity index (χ0) is 16.8. The largest absolute Gasteiger partial charge is 0.346 e. The molecule has 2 aliphatic heterocycles. The minimum absolute atomic E-state index is 1.08. The van der Waals surface area contributed by atoms with Crippen LogP contribution in [0.4, 0.5) is 10.3 Å².